The first kappa shape index (κ1) is 13.7. The number of hydrogen-bond acceptors (Lipinski definition) is 2. The lowest BCUT2D eigenvalue weighted by Gasteiger charge is -2.17. The van der Waals surface area contributed by atoms with E-state index in [9.17, 15) is 8.78 Å². The number of hydrogen-bond donors (Lipinski definition) is 1. The second-order valence-corrected chi connectivity index (χ2v) is 4.32. The largest absolute Gasteiger partial charge is 0.306 e. The first-order valence-corrected chi connectivity index (χ1v) is 6.35. The molecule has 2 aromatic rings. The van der Waals surface area contributed by atoms with E-state index < -0.39 is 11.6 Å². The first-order chi connectivity index (χ1) is 9.13. The van der Waals surface area contributed by atoms with Crippen molar-refractivity contribution in [2.75, 3.05) is 6.54 Å². The molecule has 3 nitrogen and oxygen atoms in total. The molecule has 0 amide bonds. The van der Waals surface area contributed by atoms with E-state index in [2.05, 4.69) is 10.4 Å². The molecule has 1 aromatic carbocycles. The van der Waals surface area contributed by atoms with E-state index in [1.54, 1.807) is 10.9 Å². The molecule has 1 N–H and O–H groups in total. The Bertz CT molecular complexity index is 531. The fraction of sp³-hybridized carbons (Fsp3) is 0.357. The Morgan fingerprint density at radius 3 is 2.37 bits per heavy atom. The van der Waals surface area contributed by atoms with Gasteiger partial charge in [-0.3, -0.25) is 4.68 Å². The summed E-state index contributed by atoms with van der Waals surface area (Å²) in [5.41, 5.74) is 1.46. The van der Waals surface area contributed by atoms with Gasteiger partial charge >= 0.3 is 0 Å². The van der Waals surface area contributed by atoms with Crippen LogP contribution >= 0.6 is 0 Å². The molecule has 1 aromatic heterocycles. The number of aryl methyl sites for hydroxylation is 1. The van der Waals surface area contributed by atoms with Gasteiger partial charge in [0.15, 0.2) is 0 Å². The molecule has 2 rings (SSSR count). The van der Waals surface area contributed by atoms with Crippen molar-refractivity contribution in [1.29, 1.82) is 0 Å². The maximum atomic E-state index is 13.3. The molecule has 1 atom stereocenters. The Balaban J connectivity index is 2.38. The van der Waals surface area contributed by atoms with Crippen LogP contribution in [-0.2, 0) is 6.54 Å². The topological polar surface area (TPSA) is 29.9 Å². The lowest BCUT2D eigenvalue weighted by Crippen LogP contribution is -2.22. The molecule has 1 heterocycles. The van der Waals surface area contributed by atoms with E-state index in [0.717, 1.165) is 18.2 Å². The normalized spacial score (nSPS) is 12.6. The molecular weight excluding hydrogens is 248 g/mol. The van der Waals surface area contributed by atoms with Crippen molar-refractivity contribution in [3.8, 4) is 0 Å². The molecule has 0 spiro atoms. The third-order valence-corrected chi connectivity index (χ3v) is 2.94. The van der Waals surface area contributed by atoms with Crippen LogP contribution in [0.5, 0.6) is 0 Å². The van der Waals surface area contributed by atoms with E-state index in [4.69, 9.17) is 0 Å². The summed E-state index contributed by atoms with van der Waals surface area (Å²) in [4.78, 5) is 0. The molecule has 0 saturated carbocycles. The SMILES string of the molecule is CCNC(c1cc(F)cc(F)c1)c1cnn(CC)c1. The van der Waals surface area contributed by atoms with Gasteiger partial charge in [-0.25, -0.2) is 8.78 Å². The van der Waals surface area contributed by atoms with Crippen molar-refractivity contribution in [2.45, 2.75) is 26.4 Å². The zero-order valence-electron chi connectivity index (χ0n) is 11.0. The zero-order chi connectivity index (χ0) is 13.8. The van der Waals surface area contributed by atoms with E-state index in [1.807, 2.05) is 20.0 Å². The van der Waals surface area contributed by atoms with Crippen LogP contribution in [0.1, 0.15) is 31.0 Å². The minimum atomic E-state index is -0.569. The molecule has 5 heteroatoms. The summed E-state index contributed by atoms with van der Waals surface area (Å²) in [6.07, 6.45) is 3.61. The highest BCUT2D eigenvalue weighted by Crippen LogP contribution is 2.23. The highest BCUT2D eigenvalue weighted by atomic mass is 19.1. The van der Waals surface area contributed by atoms with Gasteiger partial charge in [-0.1, -0.05) is 6.92 Å². The molecule has 0 aliphatic heterocycles. The second kappa shape index (κ2) is 5.93. The Hall–Kier alpha value is -1.75. The molecule has 0 fully saturated rings. The van der Waals surface area contributed by atoms with Gasteiger partial charge < -0.3 is 5.32 Å². The lowest BCUT2D eigenvalue weighted by molar-refractivity contribution is 0.565. The number of nitrogens with zero attached hydrogens (tertiary/aromatic N) is 2. The Kier molecular flexibility index (Phi) is 4.27. The smallest absolute Gasteiger partial charge is 0.126 e. The fourth-order valence-corrected chi connectivity index (χ4v) is 2.08. The molecule has 1 unspecified atom stereocenters. The van der Waals surface area contributed by atoms with Crippen molar-refractivity contribution in [3.63, 3.8) is 0 Å². The summed E-state index contributed by atoms with van der Waals surface area (Å²) in [6.45, 7) is 5.39. The van der Waals surface area contributed by atoms with Gasteiger partial charge in [-0.05, 0) is 31.2 Å². The van der Waals surface area contributed by atoms with Gasteiger partial charge in [0.05, 0.1) is 12.2 Å². The zero-order valence-corrected chi connectivity index (χ0v) is 11.0. The van der Waals surface area contributed by atoms with Crippen molar-refractivity contribution in [1.82, 2.24) is 15.1 Å². The van der Waals surface area contributed by atoms with Crippen LogP contribution < -0.4 is 5.32 Å². The number of halogens is 2. The average molecular weight is 265 g/mol. The first-order valence-electron chi connectivity index (χ1n) is 6.35. The number of benzene rings is 1. The summed E-state index contributed by atoms with van der Waals surface area (Å²) >= 11 is 0. The lowest BCUT2D eigenvalue weighted by atomic mass is 10.0. The number of nitrogens with one attached hydrogen (secondary N) is 1. The Morgan fingerprint density at radius 2 is 1.84 bits per heavy atom. The molecule has 102 valence electrons. The summed E-state index contributed by atoms with van der Waals surface area (Å²) in [6, 6.07) is 3.32. The minimum Gasteiger partial charge on any atom is -0.306 e. The van der Waals surface area contributed by atoms with E-state index in [-0.39, 0.29) is 6.04 Å². The predicted molar refractivity (Wildman–Crippen MR) is 69.8 cm³/mol. The highest BCUT2D eigenvalue weighted by molar-refractivity contribution is 5.30. The highest BCUT2D eigenvalue weighted by Gasteiger charge is 2.16. The van der Waals surface area contributed by atoms with Crippen molar-refractivity contribution < 1.29 is 8.78 Å². The summed E-state index contributed by atoms with van der Waals surface area (Å²) < 4.78 is 28.4. The molecule has 0 saturated heterocycles. The standard InChI is InChI=1S/C14H17F2N3/c1-3-17-14(11-8-18-19(4-2)9-11)10-5-12(15)7-13(16)6-10/h5-9,14,17H,3-4H2,1-2H3. The van der Waals surface area contributed by atoms with E-state index in [1.165, 1.54) is 12.1 Å². The van der Waals surface area contributed by atoms with Gasteiger partial charge in [0.1, 0.15) is 11.6 Å². The molecule has 0 radical (unpaired) electrons. The quantitative estimate of drug-likeness (QED) is 0.901. The fourth-order valence-electron chi connectivity index (χ4n) is 2.08. The minimum absolute atomic E-state index is 0.254. The van der Waals surface area contributed by atoms with Crippen molar-refractivity contribution >= 4 is 0 Å². The Morgan fingerprint density at radius 1 is 1.16 bits per heavy atom. The van der Waals surface area contributed by atoms with Crippen LogP contribution in [0, 0.1) is 11.6 Å². The van der Waals surface area contributed by atoms with Gasteiger partial charge in [0, 0.05) is 24.4 Å². The Labute approximate surface area is 111 Å². The maximum Gasteiger partial charge on any atom is 0.126 e. The van der Waals surface area contributed by atoms with Crippen LogP contribution in [0.15, 0.2) is 30.6 Å². The maximum absolute atomic E-state index is 13.3. The summed E-state index contributed by atoms with van der Waals surface area (Å²) in [5, 5.41) is 7.42. The van der Waals surface area contributed by atoms with Crippen molar-refractivity contribution in [2.24, 2.45) is 0 Å². The van der Waals surface area contributed by atoms with Crippen LogP contribution in [0.3, 0.4) is 0 Å². The van der Waals surface area contributed by atoms with E-state index >= 15 is 0 Å². The number of rotatable bonds is 5. The second-order valence-electron chi connectivity index (χ2n) is 4.32. The van der Waals surface area contributed by atoms with E-state index in [0.29, 0.717) is 12.1 Å². The summed E-state index contributed by atoms with van der Waals surface area (Å²) in [5.74, 6) is -1.14. The van der Waals surface area contributed by atoms with Gasteiger partial charge in [0.2, 0.25) is 0 Å². The van der Waals surface area contributed by atoms with Crippen molar-refractivity contribution in [3.05, 3.63) is 53.4 Å². The van der Waals surface area contributed by atoms with Gasteiger partial charge in [-0.15, -0.1) is 0 Å². The molecule has 0 aliphatic carbocycles. The molecular formula is C14H17F2N3. The predicted octanol–water partition coefficient (Wildman–Crippen LogP) is 2.88. The van der Waals surface area contributed by atoms with Gasteiger partial charge in [0.25, 0.3) is 0 Å². The average Bonchev–Trinajstić information content (AvgIpc) is 2.83. The molecule has 19 heavy (non-hydrogen) atoms. The summed E-state index contributed by atoms with van der Waals surface area (Å²) in [7, 11) is 0. The van der Waals surface area contributed by atoms with Gasteiger partial charge in [-0.2, -0.15) is 5.10 Å². The van der Waals surface area contributed by atoms with Crippen LogP contribution in [0.2, 0.25) is 0 Å². The third kappa shape index (κ3) is 3.17. The molecule has 0 bridgehead atoms. The van der Waals surface area contributed by atoms with Crippen LogP contribution in [0.4, 0.5) is 8.78 Å². The molecule has 0 aliphatic rings. The van der Waals surface area contributed by atoms with Crippen LogP contribution in [-0.4, -0.2) is 16.3 Å². The number of aromatic nitrogens is 2. The third-order valence-electron chi connectivity index (χ3n) is 2.94. The monoisotopic (exact) mass is 265 g/mol. The van der Waals surface area contributed by atoms with Crippen LogP contribution in [0.25, 0.3) is 0 Å².